The number of hydrogen-bond donors (Lipinski definition) is 1. The molecular formula is C26H29N5O6. The van der Waals surface area contributed by atoms with Crippen LogP contribution >= 0.6 is 0 Å². The van der Waals surface area contributed by atoms with E-state index < -0.39 is 41.0 Å². The van der Waals surface area contributed by atoms with Crippen LogP contribution in [0.4, 0.5) is 0 Å². The number of esters is 1. The van der Waals surface area contributed by atoms with Gasteiger partial charge in [-0.2, -0.15) is 0 Å². The fourth-order valence-corrected chi connectivity index (χ4v) is 6.34. The number of rotatable bonds is 4. The lowest BCUT2D eigenvalue weighted by molar-refractivity contribution is -0.160. The van der Waals surface area contributed by atoms with Crippen LogP contribution in [0.2, 0.25) is 0 Å². The van der Waals surface area contributed by atoms with Crippen molar-refractivity contribution in [2.45, 2.75) is 43.7 Å². The third-order valence-electron chi connectivity index (χ3n) is 7.90. The number of aromatic nitrogens is 3. The van der Waals surface area contributed by atoms with E-state index >= 15 is 0 Å². The van der Waals surface area contributed by atoms with Gasteiger partial charge in [-0.15, -0.1) is 5.10 Å². The average Bonchev–Trinajstić information content (AvgIpc) is 3.45. The number of carbonyl (C=O) groups excluding carboxylic acids is 3. The molecule has 0 bridgehead atoms. The predicted octanol–water partition coefficient (Wildman–Crippen LogP) is 0.644. The van der Waals surface area contributed by atoms with Gasteiger partial charge in [-0.05, 0) is 31.9 Å². The van der Waals surface area contributed by atoms with E-state index in [1.807, 2.05) is 42.5 Å². The van der Waals surface area contributed by atoms with Crippen molar-refractivity contribution in [2.24, 2.45) is 11.8 Å². The number of aliphatic hydroxyl groups is 1. The van der Waals surface area contributed by atoms with Gasteiger partial charge in [0.25, 0.3) is 5.91 Å². The first-order valence-corrected chi connectivity index (χ1v) is 12.6. The Balaban J connectivity index is 1.42. The predicted molar refractivity (Wildman–Crippen MR) is 130 cm³/mol. The molecule has 2 aromatic rings. The van der Waals surface area contributed by atoms with E-state index in [1.54, 1.807) is 22.6 Å². The first kappa shape index (κ1) is 23.8. The van der Waals surface area contributed by atoms with Gasteiger partial charge in [0.2, 0.25) is 5.91 Å². The number of para-hydroxylation sites is 1. The smallest absolute Gasteiger partial charge is 0.313 e. The van der Waals surface area contributed by atoms with Crippen molar-refractivity contribution in [1.29, 1.82) is 0 Å². The Labute approximate surface area is 213 Å². The fraction of sp³-hybridized carbons (Fsp3) is 0.500. The van der Waals surface area contributed by atoms with Gasteiger partial charge in [0, 0.05) is 13.1 Å². The third-order valence-corrected chi connectivity index (χ3v) is 7.90. The number of fused-ring (bicyclic) bond motifs is 3. The minimum absolute atomic E-state index is 0.0564. The van der Waals surface area contributed by atoms with Crippen molar-refractivity contribution in [1.82, 2.24) is 24.8 Å². The summed E-state index contributed by atoms with van der Waals surface area (Å²) in [6.45, 7) is 2.01. The van der Waals surface area contributed by atoms with Gasteiger partial charge in [0.1, 0.15) is 29.7 Å². The maximum Gasteiger partial charge on any atom is 0.313 e. The Bertz CT molecular complexity index is 1320. The summed E-state index contributed by atoms with van der Waals surface area (Å²) in [6.07, 6.45) is 8.74. The minimum Gasteiger partial charge on any atom is -0.465 e. The second kappa shape index (κ2) is 8.77. The fourth-order valence-electron chi connectivity index (χ4n) is 6.34. The summed E-state index contributed by atoms with van der Waals surface area (Å²) < 4.78 is 13.9. The highest BCUT2D eigenvalue weighted by Crippen LogP contribution is 2.57. The minimum atomic E-state index is -1.38. The lowest BCUT2D eigenvalue weighted by atomic mass is 9.74. The summed E-state index contributed by atoms with van der Waals surface area (Å²) in [4.78, 5) is 44.3. The van der Waals surface area contributed by atoms with Gasteiger partial charge in [-0.25, -0.2) is 4.68 Å². The van der Waals surface area contributed by atoms with Gasteiger partial charge in [-0.3, -0.25) is 14.4 Å². The molecule has 2 fully saturated rings. The van der Waals surface area contributed by atoms with Crippen LogP contribution in [0.1, 0.15) is 19.8 Å². The molecule has 2 amide bonds. The lowest BCUT2D eigenvalue weighted by Gasteiger charge is -2.37. The molecule has 194 valence electrons. The number of carbonyl (C=O) groups is 3. The maximum absolute atomic E-state index is 14.2. The van der Waals surface area contributed by atoms with E-state index in [4.69, 9.17) is 9.47 Å². The zero-order valence-electron chi connectivity index (χ0n) is 20.5. The van der Waals surface area contributed by atoms with Crippen molar-refractivity contribution in [3.63, 3.8) is 0 Å². The van der Waals surface area contributed by atoms with Crippen LogP contribution in [-0.2, 0) is 30.5 Å². The van der Waals surface area contributed by atoms with Crippen LogP contribution < -0.4 is 0 Å². The molecule has 4 aliphatic rings. The average molecular weight is 508 g/mol. The van der Waals surface area contributed by atoms with Crippen molar-refractivity contribution < 1.29 is 29.0 Å². The summed E-state index contributed by atoms with van der Waals surface area (Å²) in [6, 6.07) is 6.40. The Kier molecular flexibility index (Phi) is 5.64. The normalized spacial score (nSPS) is 34.3. The number of β-amino-alcohol motifs (C(OH)–C–C–N with tert-alkyl or cyclic N) is 1. The first-order chi connectivity index (χ1) is 17.9. The molecule has 0 radical (unpaired) electrons. The number of aliphatic hydroxyl groups excluding tert-OH is 1. The number of hydrogen-bond acceptors (Lipinski definition) is 8. The number of likely N-dealkylation sites (tertiary alicyclic amines) is 1. The number of benzene rings is 1. The van der Waals surface area contributed by atoms with Gasteiger partial charge < -0.3 is 24.4 Å². The molecule has 37 heavy (non-hydrogen) atoms. The summed E-state index contributed by atoms with van der Waals surface area (Å²) in [5.41, 5.74) is -1.03. The first-order valence-electron chi connectivity index (χ1n) is 12.6. The Morgan fingerprint density at radius 2 is 1.95 bits per heavy atom. The Morgan fingerprint density at radius 3 is 2.78 bits per heavy atom. The number of nitrogens with zero attached hydrogens (tertiary/aromatic N) is 5. The van der Waals surface area contributed by atoms with Crippen molar-refractivity contribution in [3.8, 4) is 0 Å². The molecule has 0 aliphatic carbocycles. The highest BCUT2D eigenvalue weighted by molar-refractivity contribution is 5.99. The summed E-state index contributed by atoms with van der Waals surface area (Å²) in [5, 5.41) is 18.2. The highest BCUT2D eigenvalue weighted by atomic mass is 16.6. The van der Waals surface area contributed by atoms with Gasteiger partial charge >= 0.3 is 5.97 Å². The monoisotopic (exact) mass is 507 g/mol. The third kappa shape index (κ3) is 3.51. The van der Waals surface area contributed by atoms with Crippen molar-refractivity contribution in [2.75, 3.05) is 26.3 Å². The molecule has 1 aromatic carbocycles. The van der Waals surface area contributed by atoms with E-state index in [0.717, 1.165) is 5.52 Å². The molecule has 1 unspecified atom stereocenters. The van der Waals surface area contributed by atoms with Gasteiger partial charge in [-0.1, -0.05) is 41.7 Å². The second-order valence-electron chi connectivity index (χ2n) is 10.1. The molecule has 11 nitrogen and oxygen atoms in total. The van der Waals surface area contributed by atoms with Crippen molar-refractivity contribution >= 4 is 28.8 Å². The number of allylic oxidation sites excluding steroid dienone is 1. The van der Waals surface area contributed by atoms with Crippen LogP contribution in [0.25, 0.3) is 11.0 Å². The molecule has 5 heterocycles. The Morgan fingerprint density at radius 1 is 1.11 bits per heavy atom. The molecule has 5 atom stereocenters. The molecule has 2 saturated heterocycles. The number of amides is 2. The van der Waals surface area contributed by atoms with Crippen LogP contribution in [-0.4, -0.2) is 91.2 Å². The van der Waals surface area contributed by atoms with Crippen LogP contribution in [0.15, 0.2) is 48.6 Å². The van der Waals surface area contributed by atoms with Crippen molar-refractivity contribution in [3.05, 3.63) is 48.6 Å². The SMILES string of the molecule is C[C@@]12/C=C\CCCOC(=O)[C@@H]1[C@H]1C(=O)N(CCO)C3C(=O)N(Cn4nnc5ccccc54)CC=C[C@@]31O2. The summed E-state index contributed by atoms with van der Waals surface area (Å²) in [5.74, 6) is -3.14. The zero-order chi connectivity index (χ0) is 25.8. The summed E-state index contributed by atoms with van der Waals surface area (Å²) >= 11 is 0. The second-order valence-corrected chi connectivity index (χ2v) is 10.1. The van der Waals surface area contributed by atoms with E-state index in [-0.39, 0.29) is 38.9 Å². The number of ether oxygens (including phenoxy) is 2. The van der Waals surface area contributed by atoms with Crippen LogP contribution in [0.3, 0.4) is 0 Å². The van der Waals surface area contributed by atoms with Crippen LogP contribution in [0, 0.1) is 11.8 Å². The summed E-state index contributed by atoms with van der Waals surface area (Å²) in [7, 11) is 0. The molecule has 1 N–H and O–H groups in total. The Hall–Kier alpha value is -3.57. The molecule has 1 spiro atoms. The lowest BCUT2D eigenvalue weighted by Crippen LogP contribution is -2.56. The topological polar surface area (TPSA) is 127 Å². The quantitative estimate of drug-likeness (QED) is 0.472. The molecule has 1 aromatic heterocycles. The molecular weight excluding hydrogens is 478 g/mol. The van der Waals surface area contributed by atoms with Gasteiger partial charge in [0.05, 0.1) is 30.2 Å². The van der Waals surface area contributed by atoms with E-state index in [1.165, 1.54) is 4.90 Å². The molecule has 4 aliphatic heterocycles. The van der Waals surface area contributed by atoms with E-state index in [2.05, 4.69) is 10.3 Å². The zero-order valence-corrected chi connectivity index (χ0v) is 20.5. The van der Waals surface area contributed by atoms with E-state index in [9.17, 15) is 19.5 Å². The standard InChI is InChI=1S/C26H29N5O6/c1-25-10-5-2-6-15-36-24(35)20(25)19-22(33)30(13-14-32)21-23(34)29(12-7-11-26(19,21)37-25)16-31-18-9-4-3-8-17(18)27-28-31/h3-5,7-11,19-21,32H,2,6,12-16H2,1H3/b10-5-/t19-,20-,21?,25+,26-/m0/s1. The van der Waals surface area contributed by atoms with Gasteiger partial charge in [0.15, 0.2) is 0 Å². The van der Waals surface area contributed by atoms with E-state index in [0.29, 0.717) is 18.4 Å². The number of cyclic esters (lactones) is 1. The molecule has 0 saturated carbocycles. The largest absolute Gasteiger partial charge is 0.465 e. The molecule has 6 rings (SSSR count). The highest BCUT2D eigenvalue weighted by Gasteiger charge is 2.74. The van der Waals surface area contributed by atoms with Crippen LogP contribution in [0.5, 0.6) is 0 Å². The maximum atomic E-state index is 14.2. The molecule has 11 heteroatoms.